The van der Waals surface area contributed by atoms with Crippen LogP contribution in [0.25, 0.3) is 0 Å². The minimum absolute atomic E-state index is 0.0846. The van der Waals surface area contributed by atoms with Crippen molar-refractivity contribution in [2.45, 2.75) is 47.6 Å². The molecule has 0 aromatic heterocycles. The third kappa shape index (κ3) is 2.09. The van der Waals surface area contributed by atoms with Gasteiger partial charge in [0.15, 0.2) is 0 Å². The molecule has 0 bridgehead atoms. The molecule has 0 spiro atoms. The van der Waals surface area contributed by atoms with Gasteiger partial charge >= 0.3 is 0 Å². The second kappa shape index (κ2) is 4.21. The van der Waals surface area contributed by atoms with Crippen molar-refractivity contribution in [3.05, 3.63) is 0 Å². The van der Waals surface area contributed by atoms with E-state index in [1.807, 2.05) is 0 Å². The highest BCUT2D eigenvalue weighted by molar-refractivity contribution is 6.18. The van der Waals surface area contributed by atoms with Crippen molar-refractivity contribution in [2.24, 2.45) is 22.7 Å². The summed E-state index contributed by atoms with van der Waals surface area (Å²) in [6.07, 6.45) is 0. The molecular weight excluding hydrogens is 222 g/mol. The van der Waals surface area contributed by atoms with Crippen molar-refractivity contribution in [2.75, 3.05) is 5.88 Å². The van der Waals surface area contributed by atoms with Crippen LogP contribution in [0.1, 0.15) is 41.5 Å². The number of alkyl halides is 1. The van der Waals surface area contributed by atoms with E-state index in [4.69, 9.17) is 11.6 Å². The second-order valence-electron chi connectivity index (χ2n) is 6.39. The lowest BCUT2D eigenvalue weighted by Gasteiger charge is -2.20. The lowest BCUT2D eigenvalue weighted by atomic mass is 10.0. The SMILES string of the molecule is CC(C)C(CCl)NC(=O)C1C(C)(C)C1(C)C. The van der Waals surface area contributed by atoms with Gasteiger partial charge in [0.25, 0.3) is 0 Å². The summed E-state index contributed by atoms with van der Waals surface area (Å²) in [6.45, 7) is 12.8. The van der Waals surface area contributed by atoms with Crippen molar-refractivity contribution in [1.29, 1.82) is 0 Å². The van der Waals surface area contributed by atoms with Crippen molar-refractivity contribution in [3.8, 4) is 0 Å². The van der Waals surface area contributed by atoms with E-state index in [-0.39, 0.29) is 28.7 Å². The van der Waals surface area contributed by atoms with Crippen LogP contribution in [0.3, 0.4) is 0 Å². The number of hydrogen-bond acceptors (Lipinski definition) is 1. The Morgan fingerprint density at radius 3 is 1.94 bits per heavy atom. The summed E-state index contributed by atoms with van der Waals surface area (Å²) in [5.41, 5.74) is 0.204. The van der Waals surface area contributed by atoms with Gasteiger partial charge < -0.3 is 5.32 Å². The first kappa shape index (κ1) is 13.8. The van der Waals surface area contributed by atoms with E-state index in [1.165, 1.54) is 0 Å². The van der Waals surface area contributed by atoms with Crippen molar-refractivity contribution in [3.63, 3.8) is 0 Å². The monoisotopic (exact) mass is 245 g/mol. The molecule has 1 amide bonds. The summed E-state index contributed by atoms with van der Waals surface area (Å²) in [5.74, 6) is 1.14. The van der Waals surface area contributed by atoms with Crippen LogP contribution in [0.2, 0.25) is 0 Å². The molecule has 1 N–H and O–H groups in total. The molecule has 0 aliphatic heterocycles. The maximum absolute atomic E-state index is 12.1. The predicted molar refractivity (Wildman–Crippen MR) is 68.5 cm³/mol. The van der Waals surface area contributed by atoms with E-state index in [1.54, 1.807) is 0 Å². The summed E-state index contributed by atoms with van der Waals surface area (Å²) in [7, 11) is 0. The largest absolute Gasteiger partial charge is 0.352 e. The van der Waals surface area contributed by atoms with E-state index in [0.29, 0.717) is 11.8 Å². The minimum atomic E-state index is 0.0846. The average molecular weight is 246 g/mol. The molecule has 1 aliphatic rings. The molecule has 1 unspecified atom stereocenters. The molecule has 0 radical (unpaired) electrons. The number of carbonyl (C=O) groups is 1. The summed E-state index contributed by atoms with van der Waals surface area (Å²) in [6, 6.07) is 0.0846. The number of hydrogen-bond donors (Lipinski definition) is 1. The van der Waals surface area contributed by atoms with Gasteiger partial charge in [0.05, 0.1) is 0 Å². The molecule has 16 heavy (non-hydrogen) atoms. The van der Waals surface area contributed by atoms with Gasteiger partial charge in [0, 0.05) is 17.8 Å². The molecule has 0 heterocycles. The Kier molecular flexibility index (Phi) is 3.64. The minimum Gasteiger partial charge on any atom is -0.352 e. The second-order valence-corrected chi connectivity index (χ2v) is 6.70. The Bertz CT molecular complexity index is 270. The zero-order chi connectivity index (χ0) is 12.7. The number of amides is 1. The molecular formula is C13H24ClNO. The zero-order valence-electron chi connectivity index (χ0n) is 11.2. The van der Waals surface area contributed by atoms with E-state index in [0.717, 1.165) is 0 Å². The summed E-state index contributed by atoms with van der Waals surface area (Å²) in [5, 5.41) is 3.07. The number of carbonyl (C=O) groups excluding carboxylic acids is 1. The maximum Gasteiger partial charge on any atom is 0.224 e. The van der Waals surface area contributed by atoms with E-state index in [2.05, 4.69) is 46.9 Å². The lowest BCUT2D eigenvalue weighted by molar-refractivity contribution is -0.124. The smallest absolute Gasteiger partial charge is 0.224 e. The van der Waals surface area contributed by atoms with Gasteiger partial charge in [0.1, 0.15) is 0 Å². The van der Waals surface area contributed by atoms with Gasteiger partial charge in [-0.25, -0.2) is 0 Å². The Morgan fingerprint density at radius 1 is 1.25 bits per heavy atom. The van der Waals surface area contributed by atoms with E-state index >= 15 is 0 Å². The fourth-order valence-corrected chi connectivity index (χ4v) is 2.93. The molecule has 1 saturated carbocycles. The first-order valence-corrected chi connectivity index (χ1v) is 6.56. The van der Waals surface area contributed by atoms with Crippen molar-refractivity contribution in [1.82, 2.24) is 5.32 Å². The summed E-state index contributed by atoms with van der Waals surface area (Å²) in [4.78, 5) is 12.1. The van der Waals surface area contributed by atoms with Crippen LogP contribution in [0, 0.1) is 22.7 Å². The fraction of sp³-hybridized carbons (Fsp3) is 0.923. The Hall–Kier alpha value is -0.240. The van der Waals surface area contributed by atoms with Crippen LogP contribution < -0.4 is 5.32 Å². The topological polar surface area (TPSA) is 29.1 Å². The lowest BCUT2D eigenvalue weighted by Crippen LogP contribution is -2.41. The van der Waals surface area contributed by atoms with Crippen LogP contribution in [0.15, 0.2) is 0 Å². The number of nitrogens with one attached hydrogen (secondary N) is 1. The number of halogens is 1. The third-order valence-corrected chi connectivity index (χ3v) is 4.91. The van der Waals surface area contributed by atoms with E-state index < -0.39 is 0 Å². The van der Waals surface area contributed by atoms with Crippen LogP contribution in [0.4, 0.5) is 0 Å². The van der Waals surface area contributed by atoms with Gasteiger partial charge in [-0.2, -0.15) is 0 Å². The third-order valence-electron chi connectivity index (χ3n) is 4.58. The number of rotatable bonds is 4. The molecule has 1 atom stereocenters. The van der Waals surface area contributed by atoms with Crippen LogP contribution >= 0.6 is 11.6 Å². The van der Waals surface area contributed by atoms with Gasteiger partial charge in [-0.05, 0) is 16.7 Å². The van der Waals surface area contributed by atoms with Crippen LogP contribution in [0.5, 0.6) is 0 Å². The quantitative estimate of drug-likeness (QED) is 0.758. The Balaban J connectivity index is 2.62. The van der Waals surface area contributed by atoms with Crippen LogP contribution in [-0.4, -0.2) is 17.8 Å². The molecule has 0 saturated heterocycles. The maximum atomic E-state index is 12.1. The Morgan fingerprint density at radius 2 is 1.69 bits per heavy atom. The average Bonchev–Trinajstić information content (AvgIpc) is 2.52. The highest BCUT2D eigenvalue weighted by atomic mass is 35.5. The van der Waals surface area contributed by atoms with Crippen molar-refractivity contribution >= 4 is 17.5 Å². The highest BCUT2D eigenvalue weighted by Crippen LogP contribution is 2.68. The van der Waals surface area contributed by atoms with Gasteiger partial charge in [0.2, 0.25) is 5.91 Å². The standard InChI is InChI=1S/C13H24ClNO/c1-8(2)9(7-14)15-11(16)10-12(3,4)13(10,5)6/h8-10H,7H2,1-6H3,(H,15,16). The molecule has 3 heteroatoms. The van der Waals surface area contributed by atoms with Crippen LogP contribution in [-0.2, 0) is 4.79 Å². The van der Waals surface area contributed by atoms with Gasteiger partial charge in [-0.3, -0.25) is 4.79 Å². The first-order valence-electron chi connectivity index (χ1n) is 6.02. The summed E-state index contributed by atoms with van der Waals surface area (Å²) >= 11 is 5.86. The molecule has 1 rings (SSSR count). The molecule has 2 nitrogen and oxygen atoms in total. The normalized spacial score (nSPS) is 24.2. The van der Waals surface area contributed by atoms with Gasteiger partial charge in [-0.1, -0.05) is 41.5 Å². The van der Waals surface area contributed by atoms with E-state index in [9.17, 15) is 4.79 Å². The molecule has 0 aromatic carbocycles. The fourth-order valence-electron chi connectivity index (χ4n) is 2.50. The zero-order valence-corrected chi connectivity index (χ0v) is 12.0. The summed E-state index contributed by atoms with van der Waals surface area (Å²) < 4.78 is 0. The molecule has 1 aliphatic carbocycles. The Labute approximate surface area is 104 Å². The highest BCUT2D eigenvalue weighted by Gasteiger charge is 2.68. The first-order chi connectivity index (χ1) is 7.16. The molecule has 1 fully saturated rings. The van der Waals surface area contributed by atoms with Crippen molar-refractivity contribution < 1.29 is 4.79 Å². The molecule has 0 aromatic rings. The molecule has 94 valence electrons. The predicted octanol–water partition coefficient (Wildman–Crippen LogP) is 3.05. The van der Waals surface area contributed by atoms with Gasteiger partial charge in [-0.15, -0.1) is 11.6 Å².